The predicted octanol–water partition coefficient (Wildman–Crippen LogP) is 3.00. The van der Waals surface area contributed by atoms with Gasteiger partial charge in [0, 0.05) is 3.57 Å². The quantitative estimate of drug-likeness (QED) is 0.749. The van der Waals surface area contributed by atoms with Gasteiger partial charge >= 0.3 is 0 Å². The molecule has 0 spiro atoms. The van der Waals surface area contributed by atoms with E-state index in [1.54, 1.807) is 12.1 Å². The van der Waals surface area contributed by atoms with Crippen molar-refractivity contribution in [3.63, 3.8) is 0 Å². The summed E-state index contributed by atoms with van der Waals surface area (Å²) < 4.78 is 6.13. The summed E-state index contributed by atoms with van der Waals surface area (Å²) in [6.45, 7) is 0.923. The van der Waals surface area contributed by atoms with E-state index in [2.05, 4.69) is 43.4 Å². The highest BCUT2D eigenvalue weighted by atomic mass is 127. The maximum absolute atomic E-state index is 12.1. The zero-order chi connectivity index (χ0) is 14.8. The molecule has 2 aromatic rings. The molecule has 1 saturated heterocycles. The number of carbonyl (C=O) groups is 1. The first-order valence-electron chi connectivity index (χ1n) is 6.47. The van der Waals surface area contributed by atoms with Gasteiger partial charge in [0.25, 0.3) is 11.7 Å². The number of carbonyl (C=O) groups excluding carboxylic acids is 1. The fraction of sp³-hybridized carbons (Fsp3) is 0.308. The minimum atomic E-state index is -0.439. The first kappa shape index (κ1) is 14.7. The number of anilines is 1. The lowest BCUT2D eigenvalue weighted by Crippen LogP contribution is -2.16. The summed E-state index contributed by atoms with van der Waals surface area (Å²) in [6.07, 6.45) is 2.00. The highest BCUT2D eigenvalue weighted by Crippen LogP contribution is 2.25. The average molecular weight is 419 g/mol. The second kappa shape index (κ2) is 6.29. The van der Waals surface area contributed by atoms with Gasteiger partial charge in [0.2, 0.25) is 5.89 Å². The molecule has 1 aliphatic rings. The van der Waals surface area contributed by atoms with Crippen LogP contribution in [0.1, 0.15) is 35.4 Å². The van der Waals surface area contributed by atoms with E-state index in [-0.39, 0.29) is 11.9 Å². The Labute approximate surface area is 139 Å². The number of benzene rings is 1. The van der Waals surface area contributed by atoms with E-state index in [1.807, 2.05) is 6.07 Å². The smallest absolute Gasteiger partial charge is 0.297 e. The molecule has 0 radical (unpaired) electrons. The second-order valence-corrected chi connectivity index (χ2v) is 6.34. The van der Waals surface area contributed by atoms with Gasteiger partial charge in [-0.2, -0.15) is 4.98 Å². The average Bonchev–Trinajstić information content (AvgIpc) is 3.10. The summed E-state index contributed by atoms with van der Waals surface area (Å²) in [4.78, 5) is 16.2. The summed E-state index contributed by atoms with van der Waals surface area (Å²) in [5.41, 5.74) is 0.521. The Balaban J connectivity index is 1.73. The largest absolute Gasteiger partial charge is 0.337 e. The zero-order valence-corrected chi connectivity index (χ0v) is 13.8. The summed E-state index contributed by atoms with van der Waals surface area (Å²) in [7, 11) is 0. The molecule has 0 aliphatic carbocycles. The fourth-order valence-electron chi connectivity index (χ4n) is 2.13. The van der Waals surface area contributed by atoms with Crippen molar-refractivity contribution in [1.29, 1.82) is 0 Å². The topological polar surface area (TPSA) is 80.0 Å². The standard InChI is InChI=1S/C13H12ClIN4O2/c14-8-6-7(15)3-4-9(8)17-12(20)11-18-13(21-19-11)10-2-1-5-16-10/h3-4,6,10,16H,1-2,5H2,(H,17,20). The van der Waals surface area contributed by atoms with Crippen LogP contribution in [0, 0.1) is 3.57 Å². The van der Waals surface area contributed by atoms with Crippen LogP contribution in [0.3, 0.4) is 0 Å². The first-order valence-corrected chi connectivity index (χ1v) is 7.92. The molecule has 1 unspecified atom stereocenters. The van der Waals surface area contributed by atoms with Crippen molar-refractivity contribution >= 4 is 45.8 Å². The third-order valence-electron chi connectivity index (χ3n) is 3.18. The Morgan fingerprint density at radius 3 is 3.10 bits per heavy atom. The lowest BCUT2D eigenvalue weighted by molar-refractivity contribution is 0.101. The highest BCUT2D eigenvalue weighted by molar-refractivity contribution is 14.1. The molecule has 1 atom stereocenters. The molecular weight excluding hydrogens is 407 g/mol. The van der Waals surface area contributed by atoms with Crippen molar-refractivity contribution < 1.29 is 9.32 Å². The molecule has 0 saturated carbocycles. The van der Waals surface area contributed by atoms with Gasteiger partial charge in [-0.05, 0) is 60.2 Å². The van der Waals surface area contributed by atoms with Gasteiger partial charge < -0.3 is 15.2 Å². The molecule has 8 heteroatoms. The Morgan fingerprint density at radius 2 is 2.38 bits per heavy atom. The van der Waals surface area contributed by atoms with E-state index in [0.29, 0.717) is 16.6 Å². The van der Waals surface area contributed by atoms with Crippen molar-refractivity contribution in [3.05, 3.63) is 38.5 Å². The Kier molecular flexibility index (Phi) is 4.41. The molecule has 1 aromatic carbocycles. The molecule has 2 heterocycles. The minimum absolute atomic E-state index is 0.00770. The van der Waals surface area contributed by atoms with Crippen LogP contribution >= 0.6 is 34.2 Å². The van der Waals surface area contributed by atoms with Gasteiger partial charge in [-0.15, -0.1) is 0 Å². The molecule has 1 fully saturated rings. The van der Waals surface area contributed by atoms with E-state index in [0.717, 1.165) is 23.0 Å². The van der Waals surface area contributed by atoms with Crippen molar-refractivity contribution in [2.45, 2.75) is 18.9 Å². The maximum Gasteiger partial charge on any atom is 0.297 e. The maximum atomic E-state index is 12.1. The molecule has 21 heavy (non-hydrogen) atoms. The van der Waals surface area contributed by atoms with E-state index < -0.39 is 5.91 Å². The van der Waals surface area contributed by atoms with Crippen LogP contribution in [0.25, 0.3) is 0 Å². The van der Waals surface area contributed by atoms with Gasteiger partial charge in [0.05, 0.1) is 16.8 Å². The molecule has 3 rings (SSSR count). The van der Waals surface area contributed by atoms with Crippen molar-refractivity contribution in [2.75, 3.05) is 11.9 Å². The lowest BCUT2D eigenvalue weighted by atomic mass is 10.2. The summed E-state index contributed by atoms with van der Waals surface area (Å²) in [6, 6.07) is 5.40. The second-order valence-electron chi connectivity index (χ2n) is 4.68. The first-order chi connectivity index (χ1) is 10.1. The number of halogens is 2. The minimum Gasteiger partial charge on any atom is -0.337 e. The van der Waals surface area contributed by atoms with Gasteiger partial charge in [-0.1, -0.05) is 16.8 Å². The Morgan fingerprint density at radius 1 is 1.52 bits per heavy atom. The Hall–Kier alpha value is -1.19. The number of nitrogens with one attached hydrogen (secondary N) is 2. The molecule has 1 aliphatic heterocycles. The zero-order valence-electron chi connectivity index (χ0n) is 10.9. The molecule has 1 amide bonds. The van der Waals surface area contributed by atoms with Gasteiger partial charge in [-0.3, -0.25) is 4.79 Å². The van der Waals surface area contributed by atoms with E-state index in [1.165, 1.54) is 0 Å². The van der Waals surface area contributed by atoms with E-state index in [9.17, 15) is 4.79 Å². The van der Waals surface area contributed by atoms with Crippen LogP contribution in [-0.4, -0.2) is 22.6 Å². The number of hydrogen-bond donors (Lipinski definition) is 2. The van der Waals surface area contributed by atoms with Crippen molar-refractivity contribution in [1.82, 2.24) is 15.5 Å². The van der Waals surface area contributed by atoms with Gasteiger partial charge in [0.15, 0.2) is 0 Å². The van der Waals surface area contributed by atoms with Crippen LogP contribution in [0.5, 0.6) is 0 Å². The number of amides is 1. The molecule has 110 valence electrons. The Bertz CT molecular complexity index is 670. The summed E-state index contributed by atoms with van der Waals surface area (Å²) in [5, 5.41) is 10.1. The predicted molar refractivity (Wildman–Crippen MR) is 86.4 cm³/mol. The molecule has 2 N–H and O–H groups in total. The van der Waals surface area contributed by atoms with Crippen molar-refractivity contribution in [3.8, 4) is 0 Å². The van der Waals surface area contributed by atoms with Crippen LogP contribution in [0.15, 0.2) is 22.7 Å². The van der Waals surface area contributed by atoms with Crippen LogP contribution in [-0.2, 0) is 0 Å². The summed E-state index contributed by atoms with van der Waals surface area (Å²) >= 11 is 8.22. The normalized spacial score (nSPS) is 17.9. The van der Waals surface area contributed by atoms with Gasteiger partial charge in [0.1, 0.15) is 0 Å². The molecule has 1 aromatic heterocycles. The van der Waals surface area contributed by atoms with Gasteiger partial charge in [-0.25, -0.2) is 0 Å². The third kappa shape index (κ3) is 3.35. The van der Waals surface area contributed by atoms with E-state index >= 15 is 0 Å². The fourth-order valence-corrected chi connectivity index (χ4v) is 3.04. The van der Waals surface area contributed by atoms with Crippen LogP contribution in [0.4, 0.5) is 5.69 Å². The summed E-state index contributed by atoms with van der Waals surface area (Å²) in [5.74, 6) is 0.0192. The SMILES string of the molecule is O=C(Nc1ccc(I)cc1Cl)c1noc(C2CCCN2)n1. The van der Waals surface area contributed by atoms with Crippen LogP contribution in [0.2, 0.25) is 5.02 Å². The number of nitrogens with zero attached hydrogens (tertiary/aromatic N) is 2. The number of rotatable bonds is 3. The molecule has 6 nitrogen and oxygen atoms in total. The van der Waals surface area contributed by atoms with Crippen molar-refractivity contribution in [2.24, 2.45) is 0 Å². The third-order valence-corrected chi connectivity index (χ3v) is 4.17. The molecular formula is C13H12ClIN4O2. The number of aromatic nitrogens is 2. The highest BCUT2D eigenvalue weighted by Gasteiger charge is 2.24. The monoisotopic (exact) mass is 418 g/mol. The number of hydrogen-bond acceptors (Lipinski definition) is 5. The van der Waals surface area contributed by atoms with E-state index in [4.69, 9.17) is 16.1 Å². The molecule has 0 bridgehead atoms. The lowest BCUT2D eigenvalue weighted by Gasteiger charge is -2.05. The van der Waals surface area contributed by atoms with Crippen LogP contribution < -0.4 is 10.6 Å².